The summed E-state index contributed by atoms with van der Waals surface area (Å²) in [6.45, 7) is 1.78. The molecule has 3 saturated heterocycles. The van der Waals surface area contributed by atoms with E-state index < -0.39 is 40.4 Å². The number of aryl methyl sites for hydroxylation is 2. The van der Waals surface area contributed by atoms with Gasteiger partial charge in [0, 0.05) is 61.5 Å². The molecule has 60 heavy (non-hydrogen) atoms. The average Bonchev–Trinajstić information content (AvgIpc) is 3.65. The lowest BCUT2D eigenvalue weighted by atomic mass is 9.94. The molecule has 5 aromatic rings. The summed E-state index contributed by atoms with van der Waals surface area (Å²) in [5.41, 5.74) is 4.15. The second-order valence-electron chi connectivity index (χ2n) is 15.7. The van der Waals surface area contributed by atoms with Gasteiger partial charge in [-0.3, -0.25) is 38.5 Å². The number of likely N-dealkylation sites (tertiary alicyclic amines) is 1. The molecule has 3 N–H and O–H groups in total. The molecule has 9 rings (SSSR count). The van der Waals surface area contributed by atoms with E-state index in [2.05, 4.69) is 20.4 Å². The van der Waals surface area contributed by atoms with Crippen LogP contribution >= 0.6 is 0 Å². The van der Waals surface area contributed by atoms with E-state index in [1.165, 1.54) is 16.7 Å². The Kier molecular flexibility index (Phi) is 10.1. The van der Waals surface area contributed by atoms with Crippen LogP contribution in [0.5, 0.6) is 5.75 Å². The Bertz CT molecular complexity index is 2770. The minimum absolute atomic E-state index is 0.0109. The van der Waals surface area contributed by atoms with Crippen LogP contribution in [0.3, 0.4) is 0 Å². The van der Waals surface area contributed by atoms with Gasteiger partial charge in [-0.05, 0) is 79.5 Å². The van der Waals surface area contributed by atoms with Crippen LogP contribution in [0.25, 0.3) is 21.8 Å². The van der Waals surface area contributed by atoms with E-state index >= 15 is 4.39 Å². The molecular formula is C42H43FN8O8S. The monoisotopic (exact) mass is 838 g/mol. The second-order valence-corrected chi connectivity index (χ2v) is 17.3. The number of amides is 4. The number of carbonyl (C=O) groups excluding carboxylic acids is 4. The predicted octanol–water partition coefficient (Wildman–Crippen LogP) is 3.23. The highest BCUT2D eigenvalue weighted by Crippen LogP contribution is 2.41. The number of hydrogen-bond acceptors (Lipinski definition) is 10. The van der Waals surface area contributed by atoms with Crippen LogP contribution in [0.2, 0.25) is 0 Å². The normalized spacial score (nSPS) is 19.7. The van der Waals surface area contributed by atoms with Gasteiger partial charge in [-0.1, -0.05) is 30.3 Å². The Hall–Kier alpha value is -6.27. The Morgan fingerprint density at radius 3 is 2.45 bits per heavy atom. The third-order valence-corrected chi connectivity index (χ3v) is 13.3. The first-order valence-electron chi connectivity index (χ1n) is 20.0. The summed E-state index contributed by atoms with van der Waals surface area (Å²) >= 11 is 0. The van der Waals surface area contributed by atoms with Gasteiger partial charge in [-0.2, -0.15) is 8.42 Å². The van der Waals surface area contributed by atoms with E-state index in [4.69, 9.17) is 4.74 Å². The largest absolute Gasteiger partial charge is 0.487 e. The number of anilines is 3. The molecule has 1 unspecified atom stereocenters. The van der Waals surface area contributed by atoms with E-state index in [1.807, 2.05) is 47.2 Å². The molecule has 4 amide bonds. The number of imidazole rings is 1. The molecule has 16 nitrogen and oxygen atoms in total. The van der Waals surface area contributed by atoms with Gasteiger partial charge in [0.1, 0.15) is 30.6 Å². The molecule has 4 aliphatic heterocycles. The Balaban J connectivity index is 0.882. The molecule has 0 saturated carbocycles. The van der Waals surface area contributed by atoms with E-state index in [1.54, 1.807) is 23.7 Å². The maximum Gasteiger partial charge on any atom is 0.329 e. The number of rotatable bonds is 9. The molecule has 312 valence electrons. The van der Waals surface area contributed by atoms with Gasteiger partial charge in [0.2, 0.25) is 17.7 Å². The summed E-state index contributed by atoms with van der Waals surface area (Å²) in [6, 6.07) is 18.6. The molecule has 0 spiro atoms. The average molecular weight is 839 g/mol. The van der Waals surface area contributed by atoms with E-state index in [9.17, 15) is 32.4 Å². The van der Waals surface area contributed by atoms with Gasteiger partial charge in [-0.25, -0.2) is 18.2 Å². The second kappa shape index (κ2) is 15.4. The van der Waals surface area contributed by atoms with Gasteiger partial charge in [-0.15, -0.1) is 0 Å². The smallest absolute Gasteiger partial charge is 0.329 e. The lowest BCUT2D eigenvalue weighted by molar-refractivity contribution is -0.135. The van der Waals surface area contributed by atoms with Crippen molar-refractivity contribution in [2.75, 3.05) is 47.2 Å². The fraction of sp³-hybridized carbons (Fsp3) is 0.357. The number of imide groups is 1. The molecule has 0 radical (unpaired) electrons. The number of ether oxygens (including phenoxy) is 1. The van der Waals surface area contributed by atoms with Crippen LogP contribution in [-0.4, -0.2) is 84.8 Å². The third kappa shape index (κ3) is 7.12. The van der Waals surface area contributed by atoms with Crippen LogP contribution in [0.1, 0.15) is 49.3 Å². The zero-order valence-corrected chi connectivity index (χ0v) is 33.6. The number of fused-ring (bicyclic) bond motifs is 4. The summed E-state index contributed by atoms with van der Waals surface area (Å²) in [4.78, 5) is 68.1. The summed E-state index contributed by atoms with van der Waals surface area (Å²) in [5.74, 6) is -2.79. The molecule has 18 heteroatoms. The summed E-state index contributed by atoms with van der Waals surface area (Å²) < 4.78 is 53.5. The van der Waals surface area contributed by atoms with Crippen molar-refractivity contribution in [3.8, 4) is 5.75 Å². The first-order valence-corrected chi connectivity index (χ1v) is 21.4. The molecule has 1 atom stereocenters. The lowest BCUT2D eigenvalue weighted by Crippen LogP contribution is -2.48. The minimum Gasteiger partial charge on any atom is -0.487 e. The zero-order chi connectivity index (χ0) is 41.9. The summed E-state index contributed by atoms with van der Waals surface area (Å²) in [5, 5.41) is 5.74. The van der Waals surface area contributed by atoms with Gasteiger partial charge in [0.25, 0.3) is 5.91 Å². The van der Waals surface area contributed by atoms with Crippen molar-refractivity contribution in [3.05, 3.63) is 94.2 Å². The van der Waals surface area contributed by atoms with Crippen LogP contribution in [-0.2, 0) is 49.5 Å². The van der Waals surface area contributed by atoms with E-state index in [0.717, 1.165) is 54.6 Å². The Morgan fingerprint density at radius 2 is 1.72 bits per heavy atom. The molecule has 1 aromatic heterocycles. The minimum atomic E-state index is -4.35. The van der Waals surface area contributed by atoms with Crippen molar-refractivity contribution in [2.24, 2.45) is 7.05 Å². The van der Waals surface area contributed by atoms with Crippen molar-refractivity contribution in [3.63, 3.8) is 0 Å². The molecule has 5 heterocycles. The van der Waals surface area contributed by atoms with Crippen LogP contribution in [0, 0.1) is 5.82 Å². The predicted molar refractivity (Wildman–Crippen MR) is 221 cm³/mol. The molecule has 3 fully saturated rings. The van der Waals surface area contributed by atoms with E-state index in [-0.39, 0.29) is 66.4 Å². The van der Waals surface area contributed by atoms with Crippen LogP contribution in [0.15, 0.2) is 71.5 Å². The molecule has 0 aliphatic carbocycles. The number of hydrogen-bond donors (Lipinski definition) is 3. The number of carbonyl (C=O) groups is 4. The fourth-order valence-electron chi connectivity index (χ4n) is 9.13. The number of nitrogens with zero attached hydrogens (tertiary/aromatic N) is 5. The highest BCUT2D eigenvalue weighted by molar-refractivity contribution is 7.92. The van der Waals surface area contributed by atoms with E-state index in [0.29, 0.717) is 34.0 Å². The Morgan fingerprint density at radius 1 is 0.933 bits per heavy atom. The van der Waals surface area contributed by atoms with Gasteiger partial charge >= 0.3 is 15.9 Å². The highest BCUT2D eigenvalue weighted by atomic mass is 32.2. The molecule has 0 bridgehead atoms. The number of nitrogens with one attached hydrogen (secondary N) is 3. The van der Waals surface area contributed by atoms with Crippen LogP contribution in [0.4, 0.5) is 21.5 Å². The summed E-state index contributed by atoms with van der Waals surface area (Å²) in [7, 11) is -2.62. The topological polar surface area (TPSA) is 184 Å². The van der Waals surface area contributed by atoms with Gasteiger partial charge in [0.05, 0.1) is 17.6 Å². The molecule has 4 aromatic carbocycles. The number of piperidine rings is 2. The first kappa shape index (κ1) is 39.2. The lowest BCUT2D eigenvalue weighted by Gasteiger charge is -2.42. The maximum atomic E-state index is 16.3. The fourth-order valence-corrected chi connectivity index (χ4v) is 10.3. The van der Waals surface area contributed by atoms with Gasteiger partial charge in [0.15, 0.2) is 5.82 Å². The molecular weight excluding hydrogens is 796 g/mol. The SMILES string of the molecule is Cn1c(=O)n(C2CCC(=O)NC2=O)c2ccc3c(c21)CCCN3C1CCN(CC(=O)Nc2ccc3c(F)c(N4CC(=O)NS4(=O)=O)c(OCc4ccccc4)cc3c2)CC1. The zero-order valence-electron chi connectivity index (χ0n) is 32.8. The van der Waals surface area contributed by atoms with Crippen molar-refractivity contribution in [1.29, 1.82) is 0 Å². The standard InChI is InChI=1S/C42H43FN8O8S/c1-47-39-30-8-5-17-49(31(30)11-12-32(39)51(42(47)56)33-13-14-35(52)45-41(33)55)28-15-18-48(19-16-28)22-36(53)44-27-9-10-29-26(20-27)21-34(59-24-25-6-3-2-4-7-25)40(38(29)43)50-23-37(54)46-60(50,57)58/h2-4,6-7,9-12,20-21,28,33H,5,8,13-19,22-24H2,1H3,(H,44,53)(H,46,54)(H,45,52,55). The van der Waals surface area contributed by atoms with Crippen LogP contribution < -0.4 is 35.0 Å². The molecule has 4 aliphatic rings. The third-order valence-electron chi connectivity index (χ3n) is 12.0. The first-order chi connectivity index (χ1) is 28.9. The number of benzene rings is 4. The van der Waals surface area contributed by atoms with Crippen molar-refractivity contribution in [1.82, 2.24) is 24.1 Å². The van der Waals surface area contributed by atoms with Gasteiger partial charge < -0.3 is 15.0 Å². The van der Waals surface area contributed by atoms with Crippen molar-refractivity contribution < 1.29 is 36.7 Å². The Labute approximate surface area is 344 Å². The van der Waals surface area contributed by atoms with Crippen molar-refractivity contribution >= 4 is 72.7 Å². The quantitative estimate of drug-likeness (QED) is 0.186. The summed E-state index contributed by atoms with van der Waals surface area (Å²) in [6.07, 6.45) is 3.78. The highest BCUT2D eigenvalue weighted by Gasteiger charge is 2.39. The number of halogens is 1. The van der Waals surface area contributed by atoms with Crippen molar-refractivity contribution in [2.45, 2.75) is 57.2 Å². The number of aromatic nitrogens is 2. The maximum absolute atomic E-state index is 16.3.